The molecule has 3 aromatic carbocycles. The van der Waals surface area contributed by atoms with Crippen LogP contribution in [0.4, 0.5) is 47.7 Å². The van der Waals surface area contributed by atoms with Crippen LogP contribution in [0.3, 0.4) is 0 Å². The highest BCUT2D eigenvalue weighted by Gasteiger charge is 2.51. The van der Waals surface area contributed by atoms with Crippen molar-refractivity contribution < 1.29 is 37.2 Å². The topological polar surface area (TPSA) is 240 Å². The summed E-state index contributed by atoms with van der Waals surface area (Å²) in [6, 6.07) is 27.1. The lowest BCUT2D eigenvalue weighted by molar-refractivity contribution is 0.00578. The van der Waals surface area contributed by atoms with Gasteiger partial charge in [-0.05, 0) is 138 Å². The number of anilines is 3. The van der Waals surface area contributed by atoms with Gasteiger partial charge in [0.05, 0.1) is 30.9 Å². The maximum absolute atomic E-state index is 13.4. The summed E-state index contributed by atoms with van der Waals surface area (Å²) in [7, 11) is -0.363. The monoisotopic (exact) mass is 1150 g/mol. The molecule has 1 amide bonds. The Morgan fingerprint density at radius 3 is 1.43 bits per heavy atom. The normalized spacial score (nSPS) is 12.3. The number of carbonyl (C=O) groups excluding carboxylic acids is 1. The number of benzene rings is 3. The molecule has 1 aliphatic rings. The van der Waals surface area contributed by atoms with Crippen molar-refractivity contribution in [3.8, 4) is 0 Å². The number of carbonyl (C=O) groups is 2. The van der Waals surface area contributed by atoms with E-state index in [1.807, 2.05) is 45.9 Å². The fourth-order valence-electron chi connectivity index (χ4n) is 6.72. The number of nitrogens with one attached hydrogen (secondary N) is 1. The number of carboxylic acid groups (broad SMARTS) is 1. The molecule has 0 spiro atoms. The Morgan fingerprint density at radius 2 is 1.02 bits per heavy atom. The van der Waals surface area contributed by atoms with Crippen molar-refractivity contribution >= 4 is 74.9 Å². The number of nitrogen functional groups attached to an aromatic ring is 2. The van der Waals surface area contributed by atoms with E-state index in [0.717, 1.165) is 33.3 Å². The van der Waals surface area contributed by atoms with Crippen molar-refractivity contribution in [3.63, 3.8) is 0 Å². The number of pyridine rings is 3. The number of alkyl halides is 1. The van der Waals surface area contributed by atoms with E-state index >= 15 is 0 Å². The van der Waals surface area contributed by atoms with Gasteiger partial charge in [-0.3, -0.25) is 4.79 Å². The summed E-state index contributed by atoms with van der Waals surface area (Å²) < 4.78 is 50.9. The van der Waals surface area contributed by atoms with E-state index < -0.39 is 23.4 Å². The second kappa shape index (κ2) is 28.8. The molecule has 18 nitrogen and oxygen atoms in total. The zero-order valence-corrected chi connectivity index (χ0v) is 45.7. The van der Waals surface area contributed by atoms with E-state index in [1.165, 1.54) is 54.9 Å². The summed E-state index contributed by atoms with van der Waals surface area (Å²) in [5.41, 5.74) is 16.2. The zero-order chi connectivity index (χ0) is 58.6. The maximum atomic E-state index is 13.4. The number of rotatable bonds is 9. The molecule has 406 valence electrons. The van der Waals surface area contributed by atoms with Gasteiger partial charge in [0.15, 0.2) is 5.69 Å². The summed E-state index contributed by atoms with van der Waals surface area (Å²) in [5, 5.41) is 11.7. The summed E-state index contributed by atoms with van der Waals surface area (Å²) >= 11 is 3.22. The minimum absolute atomic E-state index is 0.000475. The van der Waals surface area contributed by atoms with Gasteiger partial charge in [0.2, 0.25) is 17.1 Å². The smallest absolute Gasteiger partial charge is 0.477 e. The first-order valence-corrected chi connectivity index (χ1v) is 25.1. The Balaban J connectivity index is 0.000000192. The Kier molecular flexibility index (Phi) is 22.1. The number of aromatic nitrogens is 7. The molecule has 0 radical (unpaired) electrons. The Labute approximate surface area is 469 Å². The van der Waals surface area contributed by atoms with Gasteiger partial charge in [0, 0.05) is 41.8 Å². The lowest BCUT2D eigenvalue weighted by atomic mass is 9.80. The van der Waals surface area contributed by atoms with Gasteiger partial charge in [0.25, 0.3) is 5.91 Å². The first-order valence-electron chi connectivity index (χ1n) is 23.9. The number of amides is 1. The van der Waals surface area contributed by atoms with Crippen molar-refractivity contribution in [2.75, 3.05) is 16.8 Å². The fraction of sp³-hybridized carbons (Fsp3) is 0.193. The number of aromatic carboxylic acids is 1. The fourth-order valence-corrected chi connectivity index (χ4v) is 7.07. The minimum Gasteiger partial charge on any atom is -0.477 e. The second-order valence-electron chi connectivity index (χ2n) is 18.2. The van der Waals surface area contributed by atoms with Crippen molar-refractivity contribution in [1.29, 1.82) is 0 Å². The molecular formula is C57H52BBrF3N13O5. The van der Waals surface area contributed by atoms with Crippen LogP contribution in [0.1, 0.15) is 88.1 Å². The van der Waals surface area contributed by atoms with Gasteiger partial charge >= 0.3 is 13.1 Å². The zero-order valence-electron chi connectivity index (χ0n) is 44.1. The largest absolute Gasteiger partial charge is 0.496 e. The standard InChI is InChI=1S/C19H14FN5O.C13H10FN3.C11H17BN2O2.C8H5BrFN.C6H6N2O2/c1-12-22-8-7-16(24-12)19(26)25-18-6-4-14(11-23-18)9-13-3-5-15(20)17(10-13)21-2;1-16-12-7-9(2-4-11(12)14)6-10-3-5-13(15)17-8-10;1-10(2)11(3,4)16-12(15-10)8-5-6-9(13)14-7-8;1-11-8-4-6(5-9)2-3-7(8)10;1-4-7-3-2-5(8-4)6(9)10/h3-8,10-11H,9H2,1H3,(H,23,25,26);2-5,7-8H,6H2,(H2,15,17);5-7H,1-4H3,(H2,13,14);2-4H,5H2;2-3H,1H3,(H,9,10). The van der Waals surface area contributed by atoms with E-state index in [2.05, 4.69) is 70.7 Å². The predicted molar refractivity (Wildman–Crippen MR) is 302 cm³/mol. The summed E-state index contributed by atoms with van der Waals surface area (Å²) in [5.74, 6) is -0.505. The SMILES string of the molecule is CC1(C)OB(c2ccc(N)nc2)OC1(C)C.Cc1nccc(C(=O)O)n1.[C-]#[N+]c1cc(CBr)ccc1F.[C-]#[N+]c1cc(Cc2ccc(N)nc2)ccc1F.[C-]#[N+]c1cc(Cc2ccc(NC(=O)c3ccnc(C)n3)nc2)ccc1F. The second-order valence-corrected chi connectivity index (χ2v) is 18.7. The molecule has 0 bridgehead atoms. The number of carboxylic acids is 1. The van der Waals surface area contributed by atoms with Gasteiger partial charge in [0.1, 0.15) is 52.2 Å². The molecule has 0 aliphatic carbocycles. The minimum atomic E-state index is -1.02. The van der Waals surface area contributed by atoms with Crippen LogP contribution in [-0.4, -0.2) is 70.2 Å². The molecule has 1 fully saturated rings. The van der Waals surface area contributed by atoms with Crippen LogP contribution in [0.25, 0.3) is 14.5 Å². The van der Waals surface area contributed by atoms with Crippen LogP contribution in [-0.2, 0) is 27.5 Å². The maximum Gasteiger partial charge on any atom is 0.496 e. The molecule has 1 saturated heterocycles. The van der Waals surface area contributed by atoms with Crippen LogP contribution in [0.2, 0.25) is 0 Å². The van der Waals surface area contributed by atoms with Crippen LogP contribution < -0.4 is 22.2 Å². The van der Waals surface area contributed by atoms with Gasteiger partial charge in [-0.25, -0.2) is 67.4 Å². The summed E-state index contributed by atoms with van der Waals surface area (Å²) in [6.45, 7) is 31.9. The molecule has 0 atom stereocenters. The molecule has 8 aromatic rings. The van der Waals surface area contributed by atoms with E-state index in [4.69, 9.17) is 45.6 Å². The van der Waals surface area contributed by atoms with E-state index in [9.17, 15) is 22.8 Å². The molecule has 5 aromatic heterocycles. The third-order valence-corrected chi connectivity index (χ3v) is 12.3. The van der Waals surface area contributed by atoms with Gasteiger partial charge in [-0.15, -0.1) is 0 Å². The molecule has 80 heavy (non-hydrogen) atoms. The molecule has 6 N–H and O–H groups in total. The highest BCUT2D eigenvalue weighted by molar-refractivity contribution is 9.08. The quantitative estimate of drug-likeness (QED) is 0.0597. The van der Waals surface area contributed by atoms with Gasteiger partial charge in [-0.1, -0.05) is 63.5 Å². The average Bonchev–Trinajstić information content (AvgIpc) is 3.70. The van der Waals surface area contributed by atoms with Gasteiger partial charge in [-0.2, -0.15) is 0 Å². The van der Waals surface area contributed by atoms with Crippen molar-refractivity contribution in [3.05, 3.63) is 237 Å². The van der Waals surface area contributed by atoms with Crippen molar-refractivity contribution in [2.45, 2.75) is 70.9 Å². The molecule has 1 aliphatic heterocycles. The van der Waals surface area contributed by atoms with Crippen molar-refractivity contribution in [2.24, 2.45) is 0 Å². The number of nitrogens with two attached hydrogens (primary N) is 2. The van der Waals surface area contributed by atoms with Gasteiger partial charge < -0.3 is 31.2 Å². The molecule has 6 heterocycles. The first-order chi connectivity index (χ1) is 38.0. The summed E-state index contributed by atoms with van der Waals surface area (Å²) in [6.07, 6.45) is 9.06. The number of hydrogen-bond acceptors (Lipinski definition) is 13. The molecule has 9 rings (SSSR count). The molecule has 0 unspecified atom stereocenters. The van der Waals surface area contributed by atoms with Crippen LogP contribution in [0, 0.1) is 51.0 Å². The highest BCUT2D eigenvalue weighted by Crippen LogP contribution is 2.36. The Hall–Kier alpha value is -9.47. The third-order valence-electron chi connectivity index (χ3n) is 11.6. The van der Waals surface area contributed by atoms with E-state index in [-0.39, 0.29) is 52.7 Å². The lowest BCUT2D eigenvalue weighted by Crippen LogP contribution is -2.41. The summed E-state index contributed by atoms with van der Waals surface area (Å²) in [4.78, 5) is 59.4. The van der Waals surface area contributed by atoms with E-state index in [0.29, 0.717) is 47.3 Å². The van der Waals surface area contributed by atoms with E-state index in [1.54, 1.807) is 74.9 Å². The van der Waals surface area contributed by atoms with Crippen LogP contribution in [0.15, 0.2) is 134 Å². The third kappa shape index (κ3) is 18.3. The number of halogens is 4. The molecule has 23 heteroatoms. The van der Waals surface area contributed by atoms with Crippen LogP contribution in [0.5, 0.6) is 0 Å². The Morgan fingerprint density at radius 1 is 0.600 bits per heavy atom. The lowest BCUT2D eigenvalue weighted by Gasteiger charge is -2.32. The average molecular weight is 1150 g/mol. The van der Waals surface area contributed by atoms with Crippen LogP contribution >= 0.6 is 15.9 Å². The number of aryl methyl sites for hydroxylation is 2. The van der Waals surface area contributed by atoms with Crippen molar-refractivity contribution in [1.82, 2.24) is 34.9 Å². The highest BCUT2D eigenvalue weighted by atomic mass is 79.9. The molecular weight excluding hydrogens is 1090 g/mol. The Bertz CT molecular complexity index is 3550. The predicted octanol–water partition coefficient (Wildman–Crippen LogP) is 11.4. The number of hydrogen-bond donors (Lipinski definition) is 4. The molecule has 0 saturated carbocycles. The number of nitrogens with zero attached hydrogens (tertiary/aromatic N) is 10. The first kappa shape index (κ1) is 61.4.